The Kier molecular flexibility index (Phi) is 5.84. The van der Waals surface area contributed by atoms with Crippen molar-refractivity contribution < 1.29 is 18.9 Å². The van der Waals surface area contributed by atoms with E-state index in [-0.39, 0.29) is 0 Å². The molecule has 1 saturated heterocycles. The second-order valence-corrected chi connectivity index (χ2v) is 9.20. The van der Waals surface area contributed by atoms with Crippen LogP contribution in [0.4, 0.5) is 0 Å². The maximum Gasteiger partial charge on any atom is 0.213 e. The highest BCUT2D eigenvalue weighted by molar-refractivity contribution is 5.81. The van der Waals surface area contributed by atoms with E-state index in [1.165, 1.54) is 11.1 Å². The predicted molar refractivity (Wildman–Crippen MR) is 128 cm³/mol. The summed E-state index contributed by atoms with van der Waals surface area (Å²) in [6.45, 7) is 5.89. The first kappa shape index (κ1) is 21.4. The highest BCUT2D eigenvalue weighted by Gasteiger charge is 2.31. The maximum absolute atomic E-state index is 5.98. The molecule has 0 saturated carbocycles. The van der Waals surface area contributed by atoms with E-state index in [1.54, 1.807) is 7.11 Å². The number of nitrogens with one attached hydrogen (secondary N) is 1. The van der Waals surface area contributed by atoms with Gasteiger partial charge in [0.05, 0.1) is 25.4 Å². The number of hydrogen-bond donors (Lipinski definition) is 1. The number of piperidine rings is 1. The highest BCUT2D eigenvalue weighted by Crippen LogP contribution is 2.39. The van der Waals surface area contributed by atoms with Crippen LogP contribution in [0, 0.1) is 0 Å². The van der Waals surface area contributed by atoms with Crippen molar-refractivity contribution in [1.82, 2.24) is 20.2 Å². The zero-order valence-electron chi connectivity index (χ0n) is 19.5. The van der Waals surface area contributed by atoms with Crippen LogP contribution in [0.3, 0.4) is 0 Å². The number of likely N-dealkylation sites (tertiary alicyclic amines) is 1. The Labute approximate surface area is 199 Å². The van der Waals surface area contributed by atoms with Crippen molar-refractivity contribution >= 4 is 11.0 Å². The van der Waals surface area contributed by atoms with Crippen LogP contribution in [0.2, 0.25) is 0 Å². The third-order valence-corrected chi connectivity index (χ3v) is 7.01. The number of fused-ring (bicyclic) bond motifs is 4. The number of hydrogen-bond acceptors (Lipinski definition) is 8. The van der Waals surface area contributed by atoms with Gasteiger partial charge in [-0.1, -0.05) is 6.07 Å². The van der Waals surface area contributed by atoms with E-state index in [4.69, 9.17) is 23.9 Å². The second-order valence-electron chi connectivity index (χ2n) is 9.20. The van der Waals surface area contributed by atoms with Gasteiger partial charge < -0.3 is 29.2 Å². The highest BCUT2D eigenvalue weighted by atomic mass is 16.6. The molecule has 0 radical (unpaired) electrons. The van der Waals surface area contributed by atoms with Crippen LogP contribution in [0.5, 0.6) is 23.1 Å². The lowest BCUT2D eigenvalue weighted by molar-refractivity contribution is 0.171. The van der Waals surface area contributed by atoms with Crippen LogP contribution in [0.15, 0.2) is 36.5 Å². The van der Waals surface area contributed by atoms with Gasteiger partial charge in [0.15, 0.2) is 11.5 Å². The minimum atomic E-state index is 0.294. The number of aromatic nitrogens is 2. The molecular formula is C26H30N4O4. The molecule has 3 aliphatic rings. The molecule has 8 heteroatoms. The molecule has 0 bridgehead atoms. The normalized spacial score (nSPS) is 20.2. The molecule has 1 unspecified atom stereocenters. The van der Waals surface area contributed by atoms with Gasteiger partial charge in [-0.2, -0.15) is 0 Å². The quantitative estimate of drug-likeness (QED) is 0.599. The van der Waals surface area contributed by atoms with Gasteiger partial charge in [-0.3, -0.25) is 4.98 Å². The summed E-state index contributed by atoms with van der Waals surface area (Å²) in [7, 11) is 1.64. The Morgan fingerprint density at radius 3 is 2.74 bits per heavy atom. The van der Waals surface area contributed by atoms with Crippen molar-refractivity contribution in [1.29, 1.82) is 0 Å². The van der Waals surface area contributed by atoms with E-state index in [0.717, 1.165) is 67.3 Å². The first-order valence-corrected chi connectivity index (χ1v) is 12.1. The smallest absolute Gasteiger partial charge is 0.213 e. The minimum absolute atomic E-state index is 0.294. The summed E-state index contributed by atoms with van der Waals surface area (Å²) in [4.78, 5) is 11.8. The second kappa shape index (κ2) is 9.27. The van der Waals surface area contributed by atoms with Gasteiger partial charge in [-0.25, -0.2) is 4.98 Å². The molecule has 1 N–H and O–H groups in total. The number of nitrogens with zero attached hydrogens (tertiary/aromatic N) is 3. The zero-order valence-corrected chi connectivity index (χ0v) is 19.5. The first-order valence-electron chi connectivity index (χ1n) is 12.1. The Morgan fingerprint density at radius 2 is 1.88 bits per heavy atom. The number of ether oxygens (including phenoxy) is 4. The van der Waals surface area contributed by atoms with Gasteiger partial charge in [-0.05, 0) is 49.7 Å². The molecule has 178 valence electrons. The predicted octanol–water partition coefficient (Wildman–Crippen LogP) is 3.14. The summed E-state index contributed by atoms with van der Waals surface area (Å²) in [6.07, 6.45) is 4.10. The SMILES string of the molecule is COc1ccc2ncc3c(c2n1)C(CN1CCC(NCc2ccc4c(c2)OCCO4)CC1)CO3. The largest absolute Gasteiger partial charge is 0.491 e. The van der Waals surface area contributed by atoms with Gasteiger partial charge in [-0.15, -0.1) is 0 Å². The van der Waals surface area contributed by atoms with Gasteiger partial charge in [0, 0.05) is 36.7 Å². The van der Waals surface area contributed by atoms with Crippen molar-refractivity contribution in [2.24, 2.45) is 0 Å². The molecule has 6 rings (SSSR count). The van der Waals surface area contributed by atoms with Crippen LogP contribution in [-0.4, -0.2) is 67.5 Å². The van der Waals surface area contributed by atoms with Crippen molar-refractivity contribution in [3.05, 3.63) is 47.7 Å². The molecule has 8 nitrogen and oxygen atoms in total. The molecular weight excluding hydrogens is 432 g/mol. The molecule has 1 aromatic carbocycles. The van der Waals surface area contributed by atoms with Crippen LogP contribution in [0.25, 0.3) is 11.0 Å². The van der Waals surface area contributed by atoms with Crippen LogP contribution >= 0.6 is 0 Å². The van der Waals surface area contributed by atoms with Crippen molar-refractivity contribution in [2.75, 3.05) is 46.6 Å². The first-order chi connectivity index (χ1) is 16.8. The topological polar surface area (TPSA) is 78.0 Å². The molecule has 3 aliphatic heterocycles. The molecule has 2 aromatic heterocycles. The van der Waals surface area contributed by atoms with Crippen LogP contribution in [-0.2, 0) is 6.54 Å². The van der Waals surface area contributed by atoms with Gasteiger partial charge >= 0.3 is 0 Å². The van der Waals surface area contributed by atoms with E-state index in [2.05, 4.69) is 27.3 Å². The average molecular weight is 463 g/mol. The number of rotatable bonds is 6. The van der Waals surface area contributed by atoms with E-state index >= 15 is 0 Å². The summed E-state index contributed by atoms with van der Waals surface area (Å²) < 4.78 is 22.7. The summed E-state index contributed by atoms with van der Waals surface area (Å²) in [5, 5.41) is 3.73. The molecule has 0 amide bonds. The number of pyridine rings is 2. The van der Waals surface area contributed by atoms with E-state index < -0.39 is 0 Å². The van der Waals surface area contributed by atoms with Crippen molar-refractivity contribution in [2.45, 2.75) is 31.3 Å². The van der Waals surface area contributed by atoms with Crippen LogP contribution in [0.1, 0.15) is 29.9 Å². The Balaban J connectivity index is 1.05. The summed E-state index contributed by atoms with van der Waals surface area (Å²) in [5.41, 5.74) is 4.19. The van der Waals surface area contributed by atoms with Gasteiger partial charge in [0.1, 0.15) is 24.5 Å². The summed E-state index contributed by atoms with van der Waals surface area (Å²) in [6, 6.07) is 10.6. The Hall–Kier alpha value is -3.10. The number of methoxy groups -OCH3 is 1. The fourth-order valence-corrected chi connectivity index (χ4v) is 5.18. The van der Waals surface area contributed by atoms with E-state index in [1.807, 2.05) is 24.4 Å². The van der Waals surface area contributed by atoms with Gasteiger partial charge in [0.2, 0.25) is 5.88 Å². The van der Waals surface area contributed by atoms with E-state index in [0.29, 0.717) is 37.7 Å². The van der Waals surface area contributed by atoms with E-state index in [9.17, 15) is 0 Å². The molecule has 0 spiro atoms. The lowest BCUT2D eigenvalue weighted by atomic mass is 9.97. The Morgan fingerprint density at radius 1 is 1.03 bits per heavy atom. The molecule has 3 aromatic rings. The van der Waals surface area contributed by atoms with Gasteiger partial charge in [0.25, 0.3) is 0 Å². The summed E-state index contributed by atoms with van der Waals surface area (Å²) in [5.74, 6) is 3.46. The lowest BCUT2D eigenvalue weighted by Crippen LogP contribution is -2.43. The third kappa shape index (κ3) is 4.23. The third-order valence-electron chi connectivity index (χ3n) is 7.01. The lowest BCUT2D eigenvalue weighted by Gasteiger charge is -2.33. The standard InChI is InChI=1S/C26H30N4O4/c1-31-24-5-3-20-26(29-24)25-18(16-34-23(25)14-28-20)15-30-8-6-19(7-9-30)27-13-17-2-4-21-22(12-17)33-11-10-32-21/h2-5,12,14,18-19,27H,6-11,13,15-16H2,1H3. The zero-order chi connectivity index (χ0) is 22.9. The van der Waals surface area contributed by atoms with Crippen LogP contribution < -0.4 is 24.3 Å². The molecule has 5 heterocycles. The van der Waals surface area contributed by atoms with Crippen molar-refractivity contribution in [3.8, 4) is 23.1 Å². The fraction of sp³-hybridized carbons (Fsp3) is 0.462. The monoisotopic (exact) mass is 462 g/mol. The maximum atomic E-state index is 5.98. The molecule has 1 atom stereocenters. The number of benzene rings is 1. The molecule has 1 fully saturated rings. The Bertz CT molecular complexity index is 1180. The molecule has 0 aliphatic carbocycles. The summed E-state index contributed by atoms with van der Waals surface area (Å²) >= 11 is 0. The minimum Gasteiger partial charge on any atom is -0.491 e. The fourth-order valence-electron chi connectivity index (χ4n) is 5.18. The van der Waals surface area contributed by atoms with Crippen molar-refractivity contribution in [3.63, 3.8) is 0 Å². The molecule has 34 heavy (non-hydrogen) atoms. The average Bonchev–Trinajstić information content (AvgIpc) is 3.31.